The summed E-state index contributed by atoms with van der Waals surface area (Å²) in [6, 6.07) is 4.74. The average molecular weight is 466 g/mol. The highest BCUT2D eigenvalue weighted by molar-refractivity contribution is 5.94. The number of benzene rings is 1. The Balaban J connectivity index is 1.55. The summed E-state index contributed by atoms with van der Waals surface area (Å²) in [6.07, 6.45) is -1.28. The normalized spacial score (nSPS) is 16.3. The van der Waals surface area contributed by atoms with Crippen LogP contribution in [0.15, 0.2) is 41.7 Å². The topological polar surface area (TPSA) is 85.1 Å². The molecule has 0 unspecified atom stereocenters. The summed E-state index contributed by atoms with van der Waals surface area (Å²) in [6.45, 7) is 4.52. The van der Waals surface area contributed by atoms with Gasteiger partial charge < -0.3 is 20.1 Å². The molecule has 4 rings (SSSR count). The number of anilines is 2. The van der Waals surface area contributed by atoms with Gasteiger partial charge in [0, 0.05) is 11.8 Å². The molecule has 12 heteroatoms. The first-order chi connectivity index (χ1) is 15.5. The van der Waals surface area contributed by atoms with Gasteiger partial charge in [-0.25, -0.2) is 18.9 Å². The van der Waals surface area contributed by atoms with Gasteiger partial charge in [0.15, 0.2) is 12.3 Å². The number of halogens is 4. The molecule has 1 aliphatic heterocycles. The minimum absolute atomic E-state index is 0.0690. The Bertz CT molecular complexity index is 1190. The minimum Gasteiger partial charge on any atom is -0.484 e. The van der Waals surface area contributed by atoms with Crippen molar-refractivity contribution in [2.75, 3.05) is 23.8 Å². The number of hydrogen-bond donors (Lipinski definition) is 2. The van der Waals surface area contributed by atoms with Crippen molar-refractivity contribution < 1.29 is 27.0 Å². The lowest BCUT2D eigenvalue weighted by Gasteiger charge is -2.19. The molecule has 33 heavy (non-hydrogen) atoms. The second-order valence-electron chi connectivity index (χ2n) is 8.23. The van der Waals surface area contributed by atoms with Crippen LogP contribution in [0.25, 0.3) is 5.65 Å². The molecule has 0 fully saturated rings. The molecule has 0 saturated carbocycles. The molecular weight excluding hydrogens is 444 g/mol. The Kier molecular flexibility index (Phi) is 5.76. The molecule has 3 heterocycles. The molecule has 3 aromatic rings. The Hall–Kier alpha value is -3.57. The van der Waals surface area contributed by atoms with Gasteiger partial charge in [0.2, 0.25) is 0 Å². The smallest absolute Gasteiger partial charge is 0.422 e. The average Bonchev–Trinajstić information content (AvgIpc) is 3.28. The highest BCUT2D eigenvalue weighted by Crippen LogP contribution is 2.30. The fourth-order valence-electron chi connectivity index (χ4n) is 3.25. The van der Waals surface area contributed by atoms with E-state index in [9.17, 15) is 17.6 Å². The predicted octanol–water partition coefficient (Wildman–Crippen LogP) is 4.56. The van der Waals surface area contributed by atoms with Gasteiger partial charge in [0.05, 0.1) is 17.8 Å². The largest absolute Gasteiger partial charge is 0.484 e. The van der Waals surface area contributed by atoms with Crippen LogP contribution in [0.5, 0.6) is 5.75 Å². The van der Waals surface area contributed by atoms with E-state index >= 15 is 0 Å². The maximum absolute atomic E-state index is 13.8. The number of alkyl halides is 3. The minimum atomic E-state index is -4.51. The fraction of sp³-hybridized carbons (Fsp3) is 0.381. The van der Waals surface area contributed by atoms with Gasteiger partial charge in [-0.2, -0.15) is 18.3 Å². The van der Waals surface area contributed by atoms with Crippen LogP contribution < -0.4 is 15.4 Å². The van der Waals surface area contributed by atoms with E-state index in [0.717, 1.165) is 12.1 Å². The summed E-state index contributed by atoms with van der Waals surface area (Å²) < 4.78 is 63.6. The summed E-state index contributed by atoms with van der Waals surface area (Å²) in [4.78, 5) is 8.96. The van der Waals surface area contributed by atoms with Crippen LogP contribution in [0.3, 0.4) is 0 Å². The Morgan fingerprint density at radius 2 is 2.06 bits per heavy atom. The van der Waals surface area contributed by atoms with E-state index in [1.807, 2.05) is 13.8 Å². The highest BCUT2D eigenvalue weighted by atomic mass is 19.4. The molecule has 0 spiro atoms. The third-order valence-electron chi connectivity index (χ3n) is 4.77. The number of rotatable bonds is 6. The van der Waals surface area contributed by atoms with Crippen molar-refractivity contribution in [1.82, 2.24) is 14.6 Å². The SMILES string of the molecule is C[C@@H](Nc1ccn2ncc(NC3=NC(C)(C)CO3)c2n1)c1cc(F)ccc1OCC(F)(F)F. The van der Waals surface area contributed by atoms with Crippen molar-refractivity contribution in [3.63, 3.8) is 0 Å². The maximum atomic E-state index is 13.8. The van der Waals surface area contributed by atoms with Crippen LogP contribution in [0.1, 0.15) is 32.4 Å². The Morgan fingerprint density at radius 1 is 1.27 bits per heavy atom. The summed E-state index contributed by atoms with van der Waals surface area (Å²) in [7, 11) is 0. The quantitative estimate of drug-likeness (QED) is 0.518. The third-order valence-corrected chi connectivity index (χ3v) is 4.77. The molecule has 1 aliphatic rings. The lowest BCUT2D eigenvalue weighted by Crippen LogP contribution is -2.20. The molecule has 0 amide bonds. The maximum Gasteiger partial charge on any atom is 0.422 e. The number of fused-ring (bicyclic) bond motifs is 1. The molecular formula is C21H22F4N6O2. The monoisotopic (exact) mass is 466 g/mol. The second-order valence-corrected chi connectivity index (χ2v) is 8.23. The number of aliphatic imine (C=N–C) groups is 1. The third kappa shape index (κ3) is 5.44. The summed E-state index contributed by atoms with van der Waals surface area (Å²) in [5.74, 6) is -0.260. The van der Waals surface area contributed by atoms with E-state index in [4.69, 9.17) is 9.47 Å². The molecule has 1 atom stereocenters. The number of amidine groups is 1. The van der Waals surface area contributed by atoms with E-state index in [1.165, 1.54) is 6.07 Å². The fourth-order valence-corrected chi connectivity index (χ4v) is 3.25. The standard InChI is InChI=1S/C21H22F4N6O2/c1-12(14-8-13(22)4-5-16(14)32-11-21(23,24)25)27-17-6-7-31-18(29-17)15(9-26-31)28-19-30-20(2,3)10-33-19/h4-9,12H,10-11H2,1-3H3,(H,27,29)(H,28,30)/t12-/m1/s1. The zero-order chi connectivity index (χ0) is 23.8. The van der Waals surface area contributed by atoms with E-state index in [2.05, 4.69) is 25.7 Å². The summed E-state index contributed by atoms with van der Waals surface area (Å²) in [5, 5.41) is 10.4. The molecule has 176 valence electrons. The van der Waals surface area contributed by atoms with Crippen LogP contribution >= 0.6 is 0 Å². The number of nitrogens with zero attached hydrogens (tertiary/aromatic N) is 4. The van der Waals surface area contributed by atoms with Gasteiger partial charge in [-0.05, 0) is 45.0 Å². The van der Waals surface area contributed by atoms with Crippen molar-refractivity contribution in [2.24, 2.45) is 4.99 Å². The van der Waals surface area contributed by atoms with Crippen LogP contribution in [-0.4, -0.2) is 45.5 Å². The van der Waals surface area contributed by atoms with Crippen molar-refractivity contribution in [3.8, 4) is 5.75 Å². The predicted molar refractivity (Wildman–Crippen MR) is 114 cm³/mol. The van der Waals surface area contributed by atoms with E-state index in [0.29, 0.717) is 29.8 Å². The van der Waals surface area contributed by atoms with Crippen molar-refractivity contribution in [3.05, 3.63) is 48.0 Å². The highest BCUT2D eigenvalue weighted by Gasteiger charge is 2.29. The first-order valence-electron chi connectivity index (χ1n) is 10.1. The lowest BCUT2D eigenvalue weighted by atomic mass is 10.1. The molecule has 0 bridgehead atoms. The van der Waals surface area contributed by atoms with Crippen molar-refractivity contribution in [1.29, 1.82) is 0 Å². The number of hydrogen-bond acceptors (Lipinski definition) is 7. The van der Waals surface area contributed by atoms with Crippen molar-refractivity contribution >= 4 is 23.2 Å². The first-order valence-corrected chi connectivity index (χ1v) is 10.1. The molecule has 2 aromatic heterocycles. The van der Waals surface area contributed by atoms with Crippen LogP contribution in [0.2, 0.25) is 0 Å². The molecule has 8 nitrogen and oxygen atoms in total. The number of ether oxygens (including phenoxy) is 2. The second kappa shape index (κ2) is 8.41. The molecule has 2 N–H and O–H groups in total. The number of nitrogens with one attached hydrogen (secondary N) is 2. The van der Waals surface area contributed by atoms with Gasteiger partial charge in [-0.3, -0.25) is 0 Å². The molecule has 0 aliphatic carbocycles. The molecule has 0 saturated heterocycles. The molecule has 1 aromatic carbocycles. The summed E-state index contributed by atoms with van der Waals surface area (Å²) >= 11 is 0. The zero-order valence-electron chi connectivity index (χ0n) is 18.1. The van der Waals surface area contributed by atoms with Gasteiger partial charge in [0.1, 0.15) is 29.7 Å². The van der Waals surface area contributed by atoms with E-state index in [1.54, 1.807) is 29.9 Å². The summed E-state index contributed by atoms with van der Waals surface area (Å²) in [5.41, 5.74) is 0.917. The van der Waals surface area contributed by atoms with E-state index < -0.39 is 24.6 Å². The van der Waals surface area contributed by atoms with Gasteiger partial charge >= 0.3 is 6.18 Å². The van der Waals surface area contributed by atoms with Crippen molar-refractivity contribution in [2.45, 2.75) is 38.5 Å². The Morgan fingerprint density at radius 3 is 2.76 bits per heavy atom. The van der Waals surface area contributed by atoms with Gasteiger partial charge in [0.25, 0.3) is 6.02 Å². The first kappa shape index (κ1) is 22.6. The van der Waals surface area contributed by atoms with Gasteiger partial charge in [-0.15, -0.1) is 0 Å². The van der Waals surface area contributed by atoms with Crippen LogP contribution in [0, 0.1) is 5.82 Å². The van der Waals surface area contributed by atoms with Crippen LogP contribution in [-0.2, 0) is 4.74 Å². The Labute approximate surface area is 186 Å². The van der Waals surface area contributed by atoms with E-state index in [-0.39, 0.29) is 16.9 Å². The zero-order valence-corrected chi connectivity index (χ0v) is 18.1. The number of aromatic nitrogens is 3. The van der Waals surface area contributed by atoms with Gasteiger partial charge in [-0.1, -0.05) is 0 Å². The lowest BCUT2D eigenvalue weighted by molar-refractivity contribution is -0.153. The molecule has 0 radical (unpaired) electrons. The van der Waals surface area contributed by atoms with Crippen LogP contribution in [0.4, 0.5) is 29.1 Å².